The first kappa shape index (κ1) is 14.1. The van der Waals surface area contributed by atoms with E-state index < -0.39 is 0 Å². The molecule has 96 valence electrons. The van der Waals surface area contributed by atoms with Gasteiger partial charge in [-0.1, -0.05) is 29.4 Å². The molecule has 0 spiro atoms. The number of rotatable bonds is 7. The highest BCUT2D eigenvalue weighted by Crippen LogP contribution is 2.09. The van der Waals surface area contributed by atoms with Crippen molar-refractivity contribution in [2.45, 2.75) is 26.2 Å². The van der Waals surface area contributed by atoms with Crippen molar-refractivity contribution < 1.29 is 4.79 Å². The largest absolute Gasteiger partial charge is 0.356 e. The summed E-state index contributed by atoms with van der Waals surface area (Å²) in [7, 11) is 0. The van der Waals surface area contributed by atoms with Gasteiger partial charge in [0.15, 0.2) is 0 Å². The Kier molecular flexibility index (Phi) is 6.36. The van der Waals surface area contributed by atoms with E-state index in [1.165, 1.54) is 11.1 Å². The minimum Gasteiger partial charge on any atom is -0.356 e. The van der Waals surface area contributed by atoms with E-state index in [9.17, 15) is 4.79 Å². The zero-order valence-electron chi connectivity index (χ0n) is 10.6. The number of nitrogens with one attached hydrogen (secondary N) is 1. The van der Waals surface area contributed by atoms with Gasteiger partial charge < -0.3 is 5.32 Å². The van der Waals surface area contributed by atoms with Gasteiger partial charge >= 0.3 is 0 Å². The van der Waals surface area contributed by atoms with Crippen LogP contribution in [0.25, 0.3) is 10.4 Å². The monoisotopic (exact) mass is 246 g/mol. The SMILES string of the molecule is Cc1ccccc1CCC(=O)NCCCN=[N+]=[N-]. The Labute approximate surface area is 107 Å². The van der Waals surface area contributed by atoms with E-state index in [4.69, 9.17) is 5.53 Å². The first-order chi connectivity index (χ1) is 8.74. The Morgan fingerprint density at radius 2 is 2.22 bits per heavy atom. The maximum atomic E-state index is 11.5. The van der Waals surface area contributed by atoms with Gasteiger partial charge in [0, 0.05) is 24.4 Å². The molecule has 0 heterocycles. The molecule has 18 heavy (non-hydrogen) atoms. The molecule has 0 aliphatic heterocycles. The maximum Gasteiger partial charge on any atom is 0.220 e. The summed E-state index contributed by atoms with van der Waals surface area (Å²) in [5, 5.41) is 6.21. The molecular weight excluding hydrogens is 228 g/mol. The third-order valence-electron chi connectivity index (χ3n) is 2.70. The fourth-order valence-corrected chi connectivity index (χ4v) is 1.65. The van der Waals surface area contributed by atoms with Crippen LogP contribution >= 0.6 is 0 Å². The first-order valence-corrected chi connectivity index (χ1v) is 6.06. The van der Waals surface area contributed by atoms with E-state index in [0.29, 0.717) is 25.9 Å². The number of amides is 1. The third kappa shape index (κ3) is 5.37. The summed E-state index contributed by atoms with van der Waals surface area (Å²) in [5.41, 5.74) is 10.5. The quantitative estimate of drug-likeness (QED) is 0.341. The van der Waals surface area contributed by atoms with Crippen LogP contribution in [0, 0.1) is 6.92 Å². The highest BCUT2D eigenvalue weighted by molar-refractivity contribution is 5.76. The summed E-state index contributed by atoms with van der Waals surface area (Å²) in [4.78, 5) is 14.2. The van der Waals surface area contributed by atoms with Crippen molar-refractivity contribution in [2.75, 3.05) is 13.1 Å². The van der Waals surface area contributed by atoms with Gasteiger partial charge in [0.2, 0.25) is 5.91 Å². The van der Waals surface area contributed by atoms with Crippen LogP contribution in [0.15, 0.2) is 29.4 Å². The molecule has 0 bridgehead atoms. The molecule has 0 aromatic heterocycles. The number of carbonyl (C=O) groups excluding carboxylic acids is 1. The Balaban J connectivity index is 2.21. The minimum atomic E-state index is 0.0409. The fourth-order valence-electron chi connectivity index (χ4n) is 1.65. The van der Waals surface area contributed by atoms with Crippen LogP contribution in [0.1, 0.15) is 24.0 Å². The second kappa shape index (κ2) is 8.14. The van der Waals surface area contributed by atoms with Crippen LogP contribution in [0.2, 0.25) is 0 Å². The number of carbonyl (C=O) groups is 1. The molecule has 0 radical (unpaired) electrons. The molecule has 5 heteroatoms. The number of hydrogen-bond donors (Lipinski definition) is 1. The van der Waals surface area contributed by atoms with E-state index in [-0.39, 0.29) is 5.91 Å². The van der Waals surface area contributed by atoms with E-state index >= 15 is 0 Å². The van der Waals surface area contributed by atoms with Gasteiger partial charge in [-0.25, -0.2) is 0 Å². The molecule has 1 aromatic rings. The lowest BCUT2D eigenvalue weighted by Crippen LogP contribution is -2.25. The number of azide groups is 1. The Bertz CT molecular complexity index is 438. The molecule has 0 saturated heterocycles. The lowest BCUT2D eigenvalue weighted by atomic mass is 10.0. The summed E-state index contributed by atoms with van der Waals surface area (Å²) in [5.74, 6) is 0.0409. The normalized spacial score (nSPS) is 9.61. The summed E-state index contributed by atoms with van der Waals surface area (Å²) in [6, 6.07) is 8.08. The van der Waals surface area contributed by atoms with Crippen LogP contribution in [0.4, 0.5) is 0 Å². The standard InChI is InChI=1S/C13H18N4O/c1-11-5-2-3-6-12(11)7-8-13(18)15-9-4-10-16-17-14/h2-3,5-6H,4,7-10H2,1H3,(H,15,18). The smallest absolute Gasteiger partial charge is 0.220 e. The maximum absolute atomic E-state index is 11.5. The lowest BCUT2D eigenvalue weighted by molar-refractivity contribution is -0.121. The molecule has 1 N–H and O–H groups in total. The lowest BCUT2D eigenvalue weighted by Gasteiger charge is -2.06. The fraction of sp³-hybridized carbons (Fsp3) is 0.462. The summed E-state index contributed by atoms with van der Waals surface area (Å²) < 4.78 is 0. The highest BCUT2D eigenvalue weighted by Gasteiger charge is 2.03. The molecule has 0 saturated carbocycles. The second-order valence-electron chi connectivity index (χ2n) is 4.08. The van der Waals surface area contributed by atoms with Crippen LogP contribution in [-0.4, -0.2) is 19.0 Å². The molecule has 1 rings (SSSR count). The molecular formula is C13H18N4O. The molecule has 1 aromatic carbocycles. The molecule has 5 nitrogen and oxygen atoms in total. The topological polar surface area (TPSA) is 77.9 Å². The predicted molar refractivity (Wildman–Crippen MR) is 71.1 cm³/mol. The summed E-state index contributed by atoms with van der Waals surface area (Å²) >= 11 is 0. The van der Waals surface area contributed by atoms with Crippen LogP contribution in [-0.2, 0) is 11.2 Å². The average Bonchev–Trinajstić information content (AvgIpc) is 2.37. The molecule has 0 atom stereocenters. The van der Waals surface area contributed by atoms with E-state index in [2.05, 4.69) is 15.3 Å². The third-order valence-corrected chi connectivity index (χ3v) is 2.70. The van der Waals surface area contributed by atoms with Crippen molar-refractivity contribution >= 4 is 5.91 Å². The Morgan fingerprint density at radius 1 is 1.44 bits per heavy atom. The Morgan fingerprint density at radius 3 is 2.94 bits per heavy atom. The predicted octanol–water partition coefficient (Wildman–Crippen LogP) is 2.74. The van der Waals surface area contributed by atoms with Crippen molar-refractivity contribution in [3.8, 4) is 0 Å². The van der Waals surface area contributed by atoms with E-state index in [1.54, 1.807) is 0 Å². The molecule has 0 fully saturated rings. The van der Waals surface area contributed by atoms with Crippen molar-refractivity contribution in [3.05, 3.63) is 45.8 Å². The zero-order chi connectivity index (χ0) is 13.2. The van der Waals surface area contributed by atoms with Crippen LogP contribution in [0.5, 0.6) is 0 Å². The van der Waals surface area contributed by atoms with Gasteiger partial charge in [0.1, 0.15) is 0 Å². The van der Waals surface area contributed by atoms with Gasteiger partial charge in [-0.15, -0.1) is 0 Å². The molecule has 0 aliphatic rings. The van der Waals surface area contributed by atoms with Crippen molar-refractivity contribution in [1.82, 2.24) is 5.32 Å². The van der Waals surface area contributed by atoms with Gasteiger partial charge in [-0.05, 0) is 36.4 Å². The van der Waals surface area contributed by atoms with Crippen molar-refractivity contribution in [3.63, 3.8) is 0 Å². The van der Waals surface area contributed by atoms with Crippen molar-refractivity contribution in [2.24, 2.45) is 5.11 Å². The zero-order valence-corrected chi connectivity index (χ0v) is 10.6. The molecule has 0 aliphatic carbocycles. The van der Waals surface area contributed by atoms with Crippen LogP contribution in [0.3, 0.4) is 0 Å². The number of benzene rings is 1. The van der Waals surface area contributed by atoms with E-state index in [1.807, 2.05) is 31.2 Å². The average molecular weight is 246 g/mol. The second-order valence-corrected chi connectivity index (χ2v) is 4.08. The molecule has 1 amide bonds. The first-order valence-electron chi connectivity index (χ1n) is 6.06. The number of aryl methyl sites for hydroxylation is 2. The summed E-state index contributed by atoms with van der Waals surface area (Å²) in [6.07, 6.45) is 1.93. The van der Waals surface area contributed by atoms with Crippen LogP contribution < -0.4 is 5.32 Å². The Hall–Kier alpha value is -2.00. The van der Waals surface area contributed by atoms with E-state index in [0.717, 1.165) is 6.42 Å². The number of nitrogens with zero attached hydrogens (tertiary/aromatic N) is 3. The van der Waals surface area contributed by atoms with Gasteiger partial charge in [-0.2, -0.15) is 0 Å². The van der Waals surface area contributed by atoms with Gasteiger partial charge in [0.05, 0.1) is 0 Å². The summed E-state index contributed by atoms with van der Waals surface area (Å²) in [6.45, 7) is 3.04. The van der Waals surface area contributed by atoms with Crippen molar-refractivity contribution in [1.29, 1.82) is 0 Å². The van der Waals surface area contributed by atoms with Gasteiger partial charge in [-0.3, -0.25) is 4.79 Å². The minimum absolute atomic E-state index is 0.0409. The molecule has 0 unspecified atom stereocenters. The highest BCUT2D eigenvalue weighted by atomic mass is 16.1. The van der Waals surface area contributed by atoms with Gasteiger partial charge in [0.25, 0.3) is 0 Å². The number of hydrogen-bond acceptors (Lipinski definition) is 2.